The first kappa shape index (κ1) is 34.6. The summed E-state index contributed by atoms with van der Waals surface area (Å²) in [7, 11) is -2.05. The Balaban J connectivity index is 1.39. The third-order valence-corrected chi connectivity index (χ3v) is 11.8. The zero-order chi connectivity index (χ0) is 32.8. The summed E-state index contributed by atoms with van der Waals surface area (Å²) in [6, 6.07) is 10.1. The molecule has 0 aliphatic carbocycles. The second-order valence-corrected chi connectivity index (χ2v) is 15.1. The maximum atomic E-state index is 15.4. The fraction of sp³-hybridized carbons (Fsp3) is 0.576. The molecule has 2 aromatic rings. The summed E-state index contributed by atoms with van der Waals surface area (Å²) in [5.74, 6) is -1.54. The van der Waals surface area contributed by atoms with Gasteiger partial charge in [0.1, 0.15) is 11.9 Å². The lowest BCUT2D eigenvalue weighted by atomic mass is 9.84. The van der Waals surface area contributed by atoms with Crippen molar-refractivity contribution in [3.8, 4) is 0 Å². The number of hydrogen-bond donors (Lipinski definition) is 3. The summed E-state index contributed by atoms with van der Waals surface area (Å²) in [6.45, 7) is 1.55. The second kappa shape index (κ2) is 15.4. The van der Waals surface area contributed by atoms with E-state index in [1.54, 1.807) is 34.6 Å². The molecule has 3 fully saturated rings. The van der Waals surface area contributed by atoms with E-state index in [0.717, 1.165) is 36.1 Å². The number of fused-ring (bicyclic) bond motifs is 2. The van der Waals surface area contributed by atoms with Crippen molar-refractivity contribution in [2.75, 3.05) is 37.8 Å². The maximum absolute atomic E-state index is 15.4. The molecule has 10 nitrogen and oxygen atoms in total. The Bertz CT molecular complexity index is 1470. The lowest BCUT2D eigenvalue weighted by molar-refractivity contribution is -0.121. The summed E-state index contributed by atoms with van der Waals surface area (Å²) in [4.78, 5) is 27.5. The molecule has 3 heterocycles. The van der Waals surface area contributed by atoms with E-state index in [1.165, 1.54) is 19.2 Å². The van der Waals surface area contributed by atoms with Crippen molar-refractivity contribution in [1.82, 2.24) is 14.5 Å². The minimum atomic E-state index is -3.41. The number of amides is 2. The minimum absolute atomic E-state index is 0.0230. The number of anilines is 1. The minimum Gasteiger partial charge on any atom is -0.465 e. The highest BCUT2D eigenvalue weighted by molar-refractivity contribution is 7.89. The van der Waals surface area contributed by atoms with Crippen LogP contribution in [0.15, 0.2) is 42.5 Å². The van der Waals surface area contributed by atoms with Gasteiger partial charge in [-0.3, -0.25) is 9.69 Å². The summed E-state index contributed by atoms with van der Waals surface area (Å²) in [5, 5.41) is 16.9. The number of carbonyl (C=O) groups excluding carboxylic acids is 1. The van der Waals surface area contributed by atoms with E-state index in [9.17, 15) is 23.1 Å². The van der Waals surface area contributed by atoms with Crippen molar-refractivity contribution in [3.63, 3.8) is 0 Å². The van der Waals surface area contributed by atoms with Gasteiger partial charge in [-0.05, 0) is 87.6 Å². The highest BCUT2D eigenvalue weighted by Crippen LogP contribution is 2.33. The fourth-order valence-electron chi connectivity index (χ4n) is 7.06. The summed E-state index contributed by atoms with van der Waals surface area (Å²) < 4.78 is 48.8. The number of halogens is 2. The molecule has 2 amide bonds. The molecule has 0 radical (unpaired) electrons. The molecule has 3 aliphatic rings. The average Bonchev–Trinajstić information content (AvgIpc) is 3.15. The van der Waals surface area contributed by atoms with Gasteiger partial charge in [-0.25, -0.2) is 17.6 Å². The molecule has 2 aromatic carbocycles. The molecule has 2 bridgehead atoms. The van der Waals surface area contributed by atoms with Gasteiger partial charge in [0, 0.05) is 61.0 Å². The van der Waals surface area contributed by atoms with Gasteiger partial charge in [0.2, 0.25) is 15.9 Å². The number of nitrogens with one attached hydrogen (secondary N) is 2. The lowest BCUT2D eigenvalue weighted by Crippen LogP contribution is -2.57. The van der Waals surface area contributed by atoms with Crippen LogP contribution in [-0.4, -0.2) is 91.5 Å². The molecule has 3 N–H and O–H groups in total. The van der Waals surface area contributed by atoms with Crippen molar-refractivity contribution in [1.29, 1.82) is 0 Å². The first-order chi connectivity index (χ1) is 22.0. The molecule has 6 atom stereocenters. The van der Waals surface area contributed by atoms with Crippen LogP contribution in [0.3, 0.4) is 0 Å². The topological polar surface area (TPSA) is 128 Å². The molecule has 3 aliphatic heterocycles. The van der Waals surface area contributed by atoms with Crippen LogP contribution in [0.1, 0.15) is 68.4 Å². The molecule has 3 saturated heterocycles. The van der Waals surface area contributed by atoms with Crippen molar-refractivity contribution < 1.29 is 32.2 Å². The van der Waals surface area contributed by atoms with Gasteiger partial charge in [-0.1, -0.05) is 29.8 Å². The van der Waals surface area contributed by atoms with Gasteiger partial charge in [0.25, 0.3) is 0 Å². The molecule has 13 heteroatoms. The van der Waals surface area contributed by atoms with Crippen LogP contribution >= 0.6 is 11.6 Å². The number of ether oxygens (including phenoxy) is 1. The van der Waals surface area contributed by atoms with E-state index in [-0.39, 0.29) is 41.6 Å². The number of sulfonamides is 1. The zero-order valence-electron chi connectivity index (χ0n) is 26.2. The Hall–Kier alpha value is -2.77. The van der Waals surface area contributed by atoms with Crippen molar-refractivity contribution >= 4 is 39.3 Å². The van der Waals surface area contributed by atoms with E-state index in [4.69, 9.17) is 16.3 Å². The third kappa shape index (κ3) is 8.38. The molecule has 0 aromatic heterocycles. The number of carbonyl (C=O) groups is 2. The third-order valence-electron chi connectivity index (χ3n) is 9.61. The zero-order valence-corrected chi connectivity index (χ0v) is 27.7. The van der Waals surface area contributed by atoms with E-state index in [2.05, 4.69) is 10.6 Å². The van der Waals surface area contributed by atoms with Crippen molar-refractivity contribution in [3.05, 3.63) is 64.4 Å². The second-order valence-electron chi connectivity index (χ2n) is 12.6. The van der Waals surface area contributed by atoms with Crippen LogP contribution in [0.2, 0.25) is 5.02 Å². The quantitative estimate of drug-likeness (QED) is 0.297. The van der Waals surface area contributed by atoms with E-state index >= 15 is 4.39 Å². The van der Waals surface area contributed by atoms with Gasteiger partial charge < -0.3 is 20.5 Å². The van der Waals surface area contributed by atoms with Crippen molar-refractivity contribution in [2.24, 2.45) is 0 Å². The number of hydrogen-bond acceptors (Lipinski definition) is 6. The molecule has 4 unspecified atom stereocenters. The number of likely N-dealkylation sites (N-methyl/N-ethyl adjacent to an activating group) is 1. The molecule has 0 saturated carbocycles. The van der Waals surface area contributed by atoms with E-state index < -0.39 is 39.8 Å². The maximum Gasteiger partial charge on any atom is 0.407 e. The predicted molar refractivity (Wildman–Crippen MR) is 175 cm³/mol. The van der Waals surface area contributed by atoms with Crippen LogP contribution in [0, 0.1) is 5.82 Å². The smallest absolute Gasteiger partial charge is 0.407 e. The molecule has 0 spiro atoms. The highest BCUT2D eigenvalue weighted by atomic mass is 35.5. The van der Waals surface area contributed by atoms with Crippen LogP contribution in [0.25, 0.3) is 0 Å². The van der Waals surface area contributed by atoms with Gasteiger partial charge >= 0.3 is 6.09 Å². The summed E-state index contributed by atoms with van der Waals surface area (Å²) in [5.41, 5.74) is 1.25. The first-order valence-electron chi connectivity index (χ1n) is 16.2. The van der Waals surface area contributed by atoms with Crippen LogP contribution < -0.4 is 10.6 Å². The molecule has 5 rings (SSSR count). The largest absolute Gasteiger partial charge is 0.465 e. The Morgan fingerprint density at radius 2 is 1.93 bits per heavy atom. The number of piperazine rings is 1. The predicted octanol–water partition coefficient (Wildman–Crippen LogP) is 5.23. The highest BCUT2D eigenvalue weighted by Gasteiger charge is 2.39. The molecule has 46 heavy (non-hydrogen) atoms. The standard InChI is InChI=1S/C33H44ClFN4O6S/c1-38(33(41)42)31(27(22-10-12-23(34)13-11-22)17-15-26-7-2-3-18-45-26)32(40)37-30-9-4-8-29(35)28(30)16-14-25-20-36-24-6-5-19-46(43,44)39(25)21-24/h4,8-13,24-27,31,36H,2-3,5-7,14-21H2,1H3,(H,37,40)(H,41,42)/t24?,25?,26?,27-,31+/m1/s1. The monoisotopic (exact) mass is 678 g/mol. The molecular formula is C33H44ClFN4O6S. The van der Waals surface area contributed by atoms with Crippen LogP contribution in [-0.2, 0) is 26.0 Å². The Kier molecular flexibility index (Phi) is 11.6. The Morgan fingerprint density at radius 3 is 2.65 bits per heavy atom. The molecular weight excluding hydrogens is 635 g/mol. The fourth-order valence-corrected chi connectivity index (χ4v) is 8.99. The van der Waals surface area contributed by atoms with E-state index in [1.807, 2.05) is 0 Å². The summed E-state index contributed by atoms with van der Waals surface area (Å²) >= 11 is 6.17. The Labute approximate surface area is 275 Å². The van der Waals surface area contributed by atoms with Gasteiger partial charge in [0.15, 0.2) is 0 Å². The van der Waals surface area contributed by atoms with Gasteiger partial charge in [-0.2, -0.15) is 4.31 Å². The van der Waals surface area contributed by atoms with Gasteiger partial charge in [0.05, 0.1) is 11.9 Å². The summed E-state index contributed by atoms with van der Waals surface area (Å²) in [6.07, 6.45) is 4.78. The van der Waals surface area contributed by atoms with Crippen LogP contribution in [0.5, 0.6) is 0 Å². The van der Waals surface area contributed by atoms with E-state index in [0.29, 0.717) is 50.4 Å². The Morgan fingerprint density at radius 1 is 1.15 bits per heavy atom. The molecule has 252 valence electrons. The SMILES string of the molecule is CN(C(=O)O)[C@H](C(=O)Nc1cccc(F)c1CCC1CNC2CCCS(=O)(=O)N1C2)[C@H](CCC1CCCCO1)c1ccc(Cl)cc1. The average molecular weight is 679 g/mol. The lowest BCUT2D eigenvalue weighted by Gasteiger charge is -2.37. The van der Waals surface area contributed by atoms with Crippen molar-refractivity contribution in [2.45, 2.75) is 87.9 Å². The first-order valence-corrected chi connectivity index (χ1v) is 18.2. The number of carboxylic acid groups (broad SMARTS) is 1. The number of benzene rings is 2. The van der Waals surface area contributed by atoms with Gasteiger partial charge in [-0.15, -0.1) is 0 Å². The number of nitrogens with zero attached hydrogens (tertiary/aromatic N) is 2. The number of rotatable bonds is 11. The van der Waals surface area contributed by atoms with Crippen LogP contribution in [0.4, 0.5) is 14.9 Å². The normalized spacial score (nSPS) is 25.5.